The van der Waals surface area contributed by atoms with Crippen molar-refractivity contribution in [2.75, 3.05) is 5.32 Å². The maximum atomic E-state index is 10.9. The summed E-state index contributed by atoms with van der Waals surface area (Å²) in [6.07, 6.45) is 4.73. The molecule has 0 saturated carbocycles. The molecule has 0 atom stereocenters. The normalized spacial score (nSPS) is 10.5. The van der Waals surface area contributed by atoms with E-state index in [4.69, 9.17) is 0 Å². The highest BCUT2D eigenvalue weighted by Gasteiger charge is 2.12. The molecule has 1 aromatic carbocycles. The van der Waals surface area contributed by atoms with Gasteiger partial charge in [0.25, 0.3) is 5.69 Å². The number of nitro benzene ring substituents is 1. The molecule has 7 heteroatoms. The lowest BCUT2D eigenvalue weighted by Crippen LogP contribution is -2.08. The average Bonchev–Trinajstić information content (AvgIpc) is 2.85. The maximum absolute atomic E-state index is 10.9. The second-order valence-corrected chi connectivity index (χ2v) is 5.17. The lowest BCUT2D eigenvalue weighted by Gasteiger charge is -2.09. The molecule has 106 valence electrons. The van der Waals surface area contributed by atoms with Crippen molar-refractivity contribution >= 4 is 27.3 Å². The van der Waals surface area contributed by atoms with Gasteiger partial charge in [0.05, 0.1) is 15.9 Å². The summed E-state index contributed by atoms with van der Waals surface area (Å²) in [7, 11) is 0. The van der Waals surface area contributed by atoms with Crippen molar-refractivity contribution in [3.05, 3.63) is 51.0 Å². The van der Waals surface area contributed by atoms with Crippen LogP contribution in [-0.4, -0.2) is 14.5 Å². The fraction of sp³-hybridized carbons (Fsp3) is 0.308. The second kappa shape index (κ2) is 6.51. The van der Waals surface area contributed by atoms with E-state index < -0.39 is 4.92 Å². The predicted molar refractivity (Wildman–Crippen MR) is 80.6 cm³/mol. The Balaban J connectivity index is 2.09. The monoisotopic (exact) mass is 338 g/mol. The molecule has 2 aromatic rings. The number of hydrogen-bond donors (Lipinski definition) is 1. The fourth-order valence-electron chi connectivity index (χ4n) is 1.90. The van der Waals surface area contributed by atoms with Crippen molar-refractivity contribution in [1.82, 2.24) is 9.55 Å². The third-order valence-corrected chi connectivity index (χ3v) is 3.53. The smallest absolute Gasteiger partial charge is 0.285 e. The van der Waals surface area contributed by atoms with Crippen molar-refractivity contribution in [1.29, 1.82) is 0 Å². The van der Waals surface area contributed by atoms with E-state index in [9.17, 15) is 10.1 Å². The first-order valence-electron chi connectivity index (χ1n) is 6.29. The van der Waals surface area contributed by atoms with Gasteiger partial charge in [-0.05, 0) is 34.5 Å². The van der Waals surface area contributed by atoms with Gasteiger partial charge >= 0.3 is 0 Å². The molecule has 1 heterocycles. The standard InChI is InChI=1S/C13H15BrN4O2/c1-2-6-17-7-5-15-13(17)9-16-10-3-4-11(14)12(8-10)18(19)20/h3-5,7-8,16H,2,6,9H2,1H3. The second-order valence-electron chi connectivity index (χ2n) is 4.31. The van der Waals surface area contributed by atoms with E-state index in [1.165, 1.54) is 6.07 Å². The van der Waals surface area contributed by atoms with Crippen LogP contribution in [0.1, 0.15) is 19.2 Å². The number of benzene rings is 1. The minimum absolute atomic E-state index is 0.0481. The van der Waals surface area contributed by atoms with Crippen LogP contribution in [0.25, 0.3) is 0 Å². The Bertz CT molecular complexity index is 612. The summed E-state index contributed by atoms with van der Waals surface area (Å²) in [6, 6.07) is 4.97. The van der Waals surface area contributed by atoms with Crippen LogP contribution < -0.4 is 5.32 Å². The molecule has 0 bridgehead atoms. The molecule has 0 amide bonds. The highest BCUT2D eigenvalue weighted by molar-refractivity contribution is 9.10. The number of nitrogens with zero attached hydrogens (tertiary/aromatic N) is 3. The van der Waals surface area contributed by atoms with Crippen molar-refractivity contribution in [3.8, 4) is 0 Å². The molecule has 0 fully saturated rings. The molecule has 2 rings (SSSR count). The molecule has 0 aliphatic heterocycles. The van der Waals surface area contributed by atoms with E-state index in [0.717, 1.165) is 18.8 Å². The van der Waals surface area contributed by atoms with Crippen LogP contribution >= 0.6 is 15.9 Å². The van der Waals surface area contributed by atoms with E-state index >= 15 is 0 Å². The predicted octanol–water partition coefficient (Wildman–Crippen LogP) is 3.58. The summed E-state index contributed by atoms with van der Waals surface area (Å²) in [4.78, 5) is 14.8. The number of rotatable bonds is 6. The van der Waals surface area contributed by atoms with Crippen molar-refractivity contribution < 1.29 is 4.92 Å². The van der Waals surface area contributed by atoms with Crippen LogP contribution in [-0.2, 0) is 13.1 Å². The molecule has 20 heavy (non-hydrogen) atoms. The van der Waals surface area contributed by atoms with Gasteiger partial charge in [0.1, 0.15) is 5.82 Å². The lowest BCUT2D eigenvalue weighted by atomic mass is 10.3. The van der Waals surface area contributed by atoms with Crippen LogP contribution in [0, 0.1) is 10.1 Å². The Hall–Kier alpha value is -1.89. The van der Waals surface area contributed by atoms with Crippen molar-refractivity contribution in [2.45, 2.75) is 26.4 Å². The molecular formula is C13H15BrN4O2. The molecule has 0 unspecified atom stereocenters. The number of aryl methyl sites for hydroxylation is 1. The van der Waals surface area contributed by atoms with E-state index in [0.29, 0.717) is 16.7 Å². The van der Waals surface area contributed by atoms with Gasteiger partial charge in [0.15, 0.2) is 0 Å². The average molecular weight is 339 g/mol. The van der Waals surface area contributed by atoms with Gasteiger partial charge in [-0.2, -0.15) is 0 Å². The zero-order valence-electron chi connectivity index (χ0n) is 11.0. The number of halogens is 1. The van der Waals surface area contributed by atoms with Crippen LogP contribution in [0.3, 0.4) is 0 Å². The van der Waals surface area contributed by atoms with E-state index in [-0.39, 0.29) is 5.69 Å². The summed E-state index contributed by atoms with van der Waals surface area (Å²) in [5.41, 5.74) is 0.748. The molecule has 1 N–H and O–H groups in total. The Morgan fingerprint density at radius 2 is 2.30 bits per heavy atom. The van der Waals surface area contributed by atoms with Gasteiger partial charge in [-0.25, -0.2) is 4.98 Å². The third kappa shape index (κ3) is 3.36. The van der Waals surface area contributed by atoms with Gasteiger partial charge in [-0.15, -0.1) is 0 Å². The third-order valence-electron chi connectivity index (χ3n) is 2.86. The van der Waals surface area contributed by atoms with Crippen LogP contribution in [0.5, 0.6) is 0 Å². The van der Waals surface area contributed by atoms with Crippen molar-refractivity contribution in [2.24, 2.45) is 0 Å². The van der Waals surface area contributed by atoms with Crippen LogP contribution in [0.4, 0.5) is 11.4 Å². The largest absolute Gasteiger partial charge is 0.378 e. The van der Waals surface area contributed by atoms with E-state index in [2.05, 4.69) is 37.7 Å². The summed E-state index contributed by atoms with van der Waals surface area (Å²) < 4.78 is 2.54. The zero-order valence-corrected chi connectivity index (χ0v) is 12.6. The highest BCUT2D eigenvalue weighted by Crippen LogP contribution is 2.27. The number of nitro groups is 1. The van der Waals surface area contributed by atoms with Crippen LogP contribution in [0.15, 0.2) is 35.1 Å². The van der Waals surface area contributed by atoms with E-state index in [1.54, 1.807) is 18.3 Å². The molecule has 0 spiro atoms. The van der Waals surface area contributed by atoms with Crippen LogP contribution in [0.2, 0.25) is 0 Å². The summed E-state index contributed by atoms with van der Waals surface area (Å²) in [6.45, 7) is 3.55. The van der Waals surface area contributed by atoms with Gasteiger partial charge < -0.3 is 9.88 Å². The Morgan fingerprint density at radius 3 is 3.00 bits per heavy atom. The summed E-state index contributed by atoms with van der Waals surface area (Å²) in [5, 5.41) is 14.0. The first-order chi connectivity index (χ1) is 9.61. The highest BCUT2D eigenvalue weighted by atomic mass is 79.9. The maximum Gasteiger partial charge on any atom is 0.285 e. The summed E-state index contributed by atoms with van der Waals surface area (Å²) in [5.74, 6) is 0.914. The first-order valence-corrected chi connectivity index (χ1v) is 7.09. The summed E-state index contributed by atoms with van der Waals surface area (Å²) >= 11 is 3.17. The van der Waals surface area contributed by atoms with Gasteiger partial charge in [-0.3, -0.25) is 10.1 Å². The minimum atomic E-state index is -0.409. The first kappa shape index (κ1) is 14.5. The van der Waals surface area contributed by atoms with Crippen molar-refractivity contribution in [3.63, 3.8) is 0 Å². The number of anilines is 1. The topological polar surface area (TPSA) is 73.0 Å². The molecule has 6 nitrogen and oxygen atoms in total. The SMILES string of the molecule is CCCn1ccnc1CNc1ccc(Br)c([N+](=O)[O-])c1. The number of aromatic nitrogens is 2. The molecule has 0 aliphatic carbocycles. The van der Waals surface area contributed by atoms with E-state index in [1.807, 2.05) is 6.20 Å². The Morgan fingerprint density at radius 1 is 1.50 bits per heavy atom. The van der Waals surface area contributed by atoms with Gasteiger partial charge in [0, 0.05) is 30.7 Å². The lowest BCUT2D eigenvalue weighted by molar-refractivity contribution is -0.385. The minimum Gasteiger partial charge on any atom is -0.378 e. The number of hydrogen-bond acceptors (Lipinski definition) is 4. The quantitative estimate of drug-likeness (QED) is 0.645. The Kier molecular flexibility index (Phi) is 4.73. The molecule has 0 radical (unpaired) electrons. The molecule has 0 aliphatic rings. The van der Waals surface area contributed by atoms with Gasteiger partial charge in [0.2, 0.25) is 0 Å². The number of imidazole rings is 1. The molecule has 1 aromatic heterocycles. The van der Waals surface area contributed by atoms with Gasteiger partial charge in [-0.1, -0.05) is 6.92 Å². The zero-order chi connectivity index (χ0) is 14.5. The molecule has 0 saturated heterocycles. The Labute approximate surface area is 125 Å². The molecular weight excluding hydrogens is 324 g/mol. The fourth-order valence-corrected chi connectivity index (χ4v) is 2.29. The number of nitrogens with one attached hydrogen (secondary N) is 1.